The molecule has 104 valence electrons. The molecule has 0 bridgehead atoms. The molecule has 0 aromatic carbocycles. The molecule has 1 fully saturated rings. The summed E-state index contributed by atoms with van der Waals surface area (Å²) in [4.78, 5) is 24.7. The molecule has 1 aliphatic rings. The van der Waals surface area contributed by atoms with Gasteiger partial charge in [0.05, 0.1) is 6.26 Å². The third-order valence-corrected chi connectivity index (χ3v) is 4.74. The highest BCUT2D eigenvalue weighted by atomic mass is 32.2. The van der Waals surface area contributed by atoms with Crippen LogP contribution < -0.4 is 4.90 Å². The molecule has 1 amide bonds. The smallest absolute Gasteiger partial charge is 0.230 e. The zero-order valence-electron chi connectivity index (χ0n) is 10.6. The van der Waals surface area contributed by atoms with Crippen molar-refractivity contribution in [1.29, 1.82) is 0 Å². The Morgan fingerprint density at radius 1 is 1.55 bits per heavy atom. The number of hydrogen-bond donors (Lipinski definition) is 0. The number of furan rings is 1. The molecule has 2 aromatic heterocycles. The van der Waals surface area contributed by atoms with Crippen molar-refractivity contribution in [2.24, 2.45) is 0 Å². The van der Waals surface area contributed by atoms with Crippen molar-refractivity contribution in [2.75, 3.05) is 11.4 Å². The number of carbonyl (C=O) groups is 2. The number of thioether (sulfide) groups is 1. The lowest BCUT2D eigenvalue weighted by Crippen LogP contribution is -2.24. The van der Waals surface area contributed by atoms with Gasteiger partial charge in [0.25, 0.3) is 0 Å². The van der Waals surface area contributed by atoms with Gasteiger partial charge in [-0.05, 0) is 12.1 Å². The summed E-state index contributed by atoms with van der Waals surface area (Å²) in [5.74, 6) is 0.612. The predicted molar refractivity (Wildman–Crippen MR) is 76.6 cm³/mol. The Morgan fingerprint density at radius 2 is 2.40 bits per heavy atom. The molecule has 1 saturated heterocycles. The number of anilines is 1. The van der Waals surface area contributed by atoms with Gasteiger partial charge in [-0.25, -0.2) is 0 Å². The number of carbonyl (C=O) groups excluding carboxylic acids is 2. The highest BCUT2D eigenvalue weighted by Gasteiger charge is 2.34. The van der Waals surface area contributed by atoms with Gasteiger partial charge in [0.15, 0.2) is 15.9 Å². The fourth-order valence-electron chi connectivity index (χ4n) is 2.00. The van der Waals surface area contributed by atoms with Crippen molar-refractivity contribution in [3.63, 3.8) is 0 Å². The van der Waals surface area contributed by atoms with Gasteiger partial charge in [-0.1, -0.05) is 23.1 Å². The van der Waals surface area contributed by atoms with Crippen molar-refractivity contribution < 1.29 is 14.0 Å². The van der Waals surface area contributed by atoms with Crippen LogP contribution in [0.5, 0.6) is 0 Å². The monoisotopic (exact) mass is 309 g/mol. The molecule has 0 spiro atoms. The van der Waals surface area contributed by atoms with Gasteiger partial charge in [-0.3, -0.25) is 14.5 Å². The first-order valence-electron chi connectivity index (χ1n) is 5.98. The Bertz CT molecular complexity index is 638. The van der Waals surface area contributed by atoms with E-state index < -0.39 is 0 Å². The van der Waals surface area contributed by atoms with Crippen LogP contribution >= 0.6 is 23.1 Å². The first-order valence-corrected chi connectivity index (χ1v) is 7.68. The molecule has 1 unspecified atom stereocenters. The summed E-state index contributed by atoms with van der Waals surface area (Å²) < 4.78 is 5.25. The second-order valence-corrected chi connectivity index (χ2v) is 6.74. The summed E-state index contributed by atoms with van der Waals surface area (Å²) in [7, 11) is 0. The van der Waals surface area contributed by atoms with Crippen LogP contribution in [0.15, 0.2) is 22.8 Å². The highest BCUT2D eigenvalue weighted by Crippen LogP contribution is 2.33. The van der Waals surface area contributed by atoms with Gasteiger partial charge in [0, 0.05) is 25.1 Å². The van der Waals surface area contributed by atoms with Crippen LogP contribution in [0.25, 0.3) is 10.8 Å². The van der Waals surface area contributed by atoms with Crippen molar-refractivity contribution >= 4 is 39.3 Å². The minimum Gasteiger partial charge on any atom is -0.462 e. The summed E-state index contributed by atoms with van der Waals surface area (Å²) in [5.41, 5.74) is 0. The molecule has 1 atom stereocenters. The number of rotatable bonds is 3. The Kier molecular flexibility index (Phi) is 3.58. The molecule has 0 radical (unpaired) electrons. The summed E-state index contributed by atoms with van der Waals surface area (Å²) >= 11 is 2.51. The van der Waals surface area contributed by atoms with Crippen LogP contribution in [0.3, 0.4) is 0 Å². The van der Waals surface area contributed by atoms with Crippen molar-refractivity contribution in [3.8, 4) is 10.8 Å². The standard InChI is InChI=1S/C12H11N3O3S2/c1-7(16)19-8-5-10(17)15(6-8)12-14-13-11(20-12)9-3-2-4-18-9/h2-4,8H,5-6H2,1H3. The van der Waals surface area contributed by atoms with E-state index in [4.69, 9.17) is 4.42 Å². The minimum absolute atomic E-state index is 0.00374. The molecule has 1 aliphatic heterocycles. The first-order chi connectivity index (χ1) is 9.63. The largest absolute Gasteiger partial charge is 0.462 e. The van der Waals surface area contributed by atoms with Gasteiger partial charge in [0.1, 0.15) is 0 Å². The molecular formula is C12H11N3O3S2. The van der Waals surface area contributed by atoms with Gasteiger partial charge in [-0.15, -0.1) is 10.2 Å². The van der Waals surface area contributed by atoms with Gasteiger partial charge in [0.2, 0.25) is 11.0 Å². The molecule has 6 nitrogen and oxygen atoms in total. The average molecular weight is 309 g/mol. The van der Waals surface area contributed by atoms with Crippen LogP contribution in [-0.2, 0) is 9.59 Å². The van der Waals surface area contributed by atoms with Gasteiger partial charge < -0.3 is 4.42 Å². The van der Waals surface area contributed by atoms with Crippen LogP contribution in [0.4, 0.5) is 5.13 Å². The summed E-state index contributed by atoms with van der Waals surface area (Å²) in [5, 5.41) is 9.28. The Balaban J connectivity index is 1.77. The van der Waals surface area contributed by atoms with Crippen molar-refractivity contribution in [3.05, 3.63) is 18.4 Å². The van der Waals surface area contributed by atoms with E-state index in [0.29, 0.717) is 28.9 Å². The maximum absolute atomic E-state index is 12.0. The zero-order valence-corrected chi connectivity index (χ0v) is 12.2. The number of hydrogen-bond acceptors (Lipinski definition) is 7. The number of aromatic nitrogens is 2. The average Bonchev–Trinajstić information content (AvgIpc) is 3.07. The first kappa shape index (κ1) is 13.3. The van der Waals surface area contributed by atoms with E-state index in [0.717, 1.165) is 0 Å². The molecule has 2 aromatic rings. The van der Waals surface area contributed by atoms with Gasteiger partial charge >= 0.3 is 0 Å². The minimum atomic E-state index is -0.0223. The number of nitrogens with zero attached hydrogens (tertiary/aromatic N) is 3. The predicted octanol–water partition coefficient (Wildman–Crippen LogP) is 2.18. The van der Waals surface area contributed by atoms with Crippen LogP contribution in [-0.4, -0.2) is 33.0 Å². The fraction of sp³-hybridized carbons (Fsp3) is 0.333. The maximum atomic E-state index is 12.0. The molecule has 0 N–H and O–H groups in total. The van der Waals surface area contributed by atoms with E-state index in [1.807, 2.05) is 0 Å². The molecule has 0 aliphatic carbocycles. The zero-order chi connectivity index (χ0) is 14.1. The van der Waals surface area contributed by atoms with Crippen LogP contribution in [0.1, 0.15) is 13.3 Å². The molecule has 3 heterocycles. The topological polar surface area (TPSA) is 76.3 Å². The Labute approximate surface area is 123 Å². The molecule has 8 heteroatoms. The molecule has 3 rings (SSSR count). The molecule has 0 saturated carbocycles. The lowest BCUT2D eigenvalue weighted by Gasteiger charge is -2.10. The summed E-state index contributed by atoms with van der Waals surface area (Å²) in [6, 6.07) is 3.57. The van der Waals surface area contributed by atoms with E-state index in [-0.39, 0.29) is 16.3 Å². The summed E-state index contributed by atoms with van der Waals surface area (Å²) in [6.07, 6.45) is 1.93. The summed E-state index contributed by atoms with van der Waals surface area (Å²) in [6.45, 7) is 2.01. The highest BCUT2D eigenvalue weighted by molar-refractivity contribution is 8.14. The third kappa shape index (κ3) is 2.61. The van der Waals surface area contributed by atoms with Crippen molar-refractivity contribution in [2.45, 2.75) is 18.6 Å². The quantitative estimate of drug-likeness (QED) is 0.865. The van der Waals surface area contributed by atoms with Gasteiger partial charge in [-0.2, -0.15) is 0 Å². The normalized spacial score (nSPS) is 18.8. The second kappa shape index (κ2) is 5.37. The van der Waals surface area contributed by atoms with E-state index >= 15 is 0 Å². The maximum Gasteiger partial charge on any atom is 0.230 e. The Morgan fingerprint density at radius 3 is 3.10 bits per heavy atom. The SMILES string of the molecule is CC(=O)SC1CC(=O)N(c2nnc(-c3ccco3)s2)C1. The third-order valence-electron chi connectivity index (χ3n) is 2.80. The second-order valence-electron chi connectivity index (χ2n) is 4.31. The van der Waals surface area contributed by atoms with E-state index in [2.05, 4.69) is 10.2 Å². The van der Waals surface area contributed by atoms with E-state index in [1.54, 1.807) is 23.3 Å². The Hall–Kier alpha value is -1.67. The number of amides is 1. The lowest BCUT2D eigenvalue weighted by molar-refractivity contribution is -0.117. The van der Waals surface area contributed by atoms with Crippen LogP contribution in [0, 0.1) is 0 Å². The lowest BCUT2D eigenvalue weighted by atomic mass is 10.4. The molecule has 20 heavy (non-hydrogen) atoms. The molecular weight excluding hydrogens is 298 g/mol. The van der Waals surface area contributed by atoms with E-state index in [1.165, 1.54) is 30.0 Å². The fourth-order valence-corrected chi connectivity index (χ4v) is 3.76. The van der Waals surface area contributed by atoms with E-state index in [9.17, 15) is 9.59 Å². The van der Waals surface area contributed by atoms with Crippen molar-refractivity contribution in [1.82, 2.24) is 10.2 Å². The van der Waals surface area contributed by atoms with Crippen LogP contribution in [0.2, 0.25) is 0 Å².